The number of aliphatic carboxylic acids is 1. The number of rotatable bonds is 11. The van der Waals surface area contributed by atoms with Gasteiger partial charge in [0.1, 0.15) is 5.54 Å². The molecule has 2 N–H and O–H groups in total. The average molecular weight is 286 g/mol. The Labute approximate surface area is 122 Å². The summed E-state index contributed by atoms with van der Waals surface area (Å²) in [6.45, 7) is 6.30. The molecule has 0 amide bonds. The molecule has 118 valence electrons. The van der Waals surface area contributed by atoms with Gasteiger partial charge in [-0.25, -0.2) is 0 Å². The topological polar surface area (TPSA) is 61.8 Å². The lowest BCUT2D eigenvalue weighted by molar-refractivity contribution is -0.147. The van der Waals surface area contributed by atoms with Crippen molar-refractivity contribution >= 4 is 5.97 Å². The van der Waals surface area contributed by atoms with Crippen molar-refractivity contribution in [3.05, 3.63) is 0 Å². The second-order valence-electron chi connectivity index (χ2n) is 5.73. The number of hydrogen-bond acceptors (Lipinski definition) is 4. The molecule has 1 aliphatic rings. The van der Waals surface area contributed by atoms with Gasteiger partial charge in [0.15, 0.2) is 0 Å². The van der Waals surface area contributed by atoms with Crippen molar-refractivity contribution in [1.82, 2.24) is 10.2 Å². The van der Waals surface area contributed by atoms with E-state index in [1.54, 1.807) is 14.2 Å². The zero-order valence-corrected chi connectivity index (χ0v) is 13.3. The van der Waals surface area contributed by atoms with Crippen LogP contribution in [0.2, 0.25) is 0 Å². The highest BCUT2D eigenvalue weighted by Gasteiger charge is 2.51. The molecule has 0 aliphatic heterocycles. The molecule has 0 saturated heterocycles. The molecular weight excluding hydrogens is 256 g/mol. The first-order chi connectivity index (χ1) is 9.55. The molecule has 1 atom stereocenters. The summed E-state index contributed by atoms with van der Waals surface area (Å²) in [7, 11) is 3.46. The molecular formula is C15H30N2O3. The third kappa shape index (κ3) is 3.93. The lowest BCUT2D eigenvalue weighted by Gasteiger charge is -2.39. The van der Waals surface area contributed by atoms with Crippen LogP contribution in [0.3, 0.4) is 0 Å². The second-order valence-corrected chi connectivity index (χ2v) is 5.73. The van der Waals surface area contributed by atoms with Gasteiger partial charge in [0.05, 0.1) is 6.61 Å². The number of carbonyl (C=O) groups is 1. The summed E-state index contributed by atoms with van der Waals surface area (Å²) in [4.78, 5) is 14.1. The summed E-state index contributed by atoms with van der Waals surface area (Å²) in [6.07, 6.45) is 4.08. The van der Waals surface area contributed by atoms with Gasteiger partial charge in [0.25, 0.3) is 0 Å². The first-order valence-electron chi connectivity index (χ1n) is 7.70. The summed E-state index contributed by atoms with van der Waals surface area (Å²) < 4.78 is 5.19. The standard InChI is InChI=1S/C15H30N2O3/c1-5-13(6-2)17(9-10-20-4)11-15(16-3,14(18)19)12-7-8-12/h12-13,16H,5-11H2,1-4H3,(H,18,19). The van der Waals surface area contributed by atoms with E-state index in [-0.39, 0.29) is 5.92 Å². The summed E-state index contributed by atoms with van der Waals surface area (Å²) >= 11 is 0. The van der Waals surface area contributed by atoms with E-state index in [1.165, 1.54) is 0 Å². The molecule has 0 aromatic rings. The third-order valence-electron chi connectivity index (χ3n) is 4.60. The van der Waals surface area contributed by atoms with E-state index < -0.39 is 11.5 Å². The van der Waals surface area contributed by atoms with Crippen LogP contribution in [0.5, 0.6) is 0 Å². The molecule has 0 aromatic heterocycles. The van der Waals surface area contributed by atoms with Crippen molar-refractivity contribution in [2.75, 3.05) is 33.9 Å². The highest BCUT2D eigenvalue weighted by Crippen LogP contribution is 2.40. The maximum absolute atomic E-state index is 11.8. The Morgan fingerprint density at radius 1 is 1.45 bits per heavy atom. The zero-order chi connectivity index (χ0) is 15.2. The van der Waals surface area contributed by atoms with Gasteiger partial charge in [-0.15, -0.1) is 0 Å². The number of ether oxygens (including phenoxy) is 1. The van der Waals surface area contributed by atoms with Crippen LogP contribution in [-0.2, 0) is 9.53 Å². The Bertz CT molecular complexity index is 303. The van der Waals surface area contributed by atoms with Crippen LogP contribution in [-0.4, -0.2) is 61.4 Å². The number of nitrogens with zero attached hydrogens (tertiary/aromatic N) is 1. The predicted octanol–water partition coefficient (Wildman–Crippen LogP) is 1.58. The summed E-state index contributed by atoms with van der Waals surface area (Å²) in [5.41, 5.74) is -0.809. The molecule has 1 rings (SSSR count). The Kier molecular flexibility index (Phi) is 6.92. The Morgan fingerprint density at radius 3 is 2.40 bits per heavy atom. The van der Waals surface area contributed by atoms with Crippen LogP contribution in [0, 0.1) is 5.92 Å². The third-order valence-corrected chi connectivity index (χ3v) is 4.60. The van der Waals surface area contributed by atoms with E-state index in [1.807, 2.05) is 0 Å². The second kappa shape index (κ2) is 7.96. The number of methoxy groups -OCH3 is 1. The van der Waals surface area contributed by atoms with E-state index in [9.17, 15) is 9.90 Å². The van der Waals surface area contributed by atoms with E-state index in [4.69, 9.17) is 4.74 Å². The van der Waals surface area contributed by atoms with Crippen LogP contribution in [0.25, 0.3) is 0 Å². The monoisotopic (exact) mass is 286 g/mol. The number of nitrogens with one attached hydrogen (secondary N) is 1. The van der Waals surface area contributed by atoms with Crippen molar-refractivity contribution < 1.29 is 14.6 Å². The minimum atomic E-state index is -0.809. The first-order valence-corrected chi connectivity index (χ1v) is 7.70. The molecule has 1 fully saturated rings. The molecule has 0 spiro atoms. The van der Waals surface area contributed by atoms with Crippen molar-refractivity contribution in [2.24, 2.45) is 5.92 Å². The fraction of sp³-hybridized carbons (Fsp3) is 0.933. The van der Waals surface area contributed by atoms with E-state index in [0.29, 0.717) is 19.2 Å². The van der Waals surface area contributed by atoms with Gasteiger partial charge >= 0.3 is 5.97 Å². The Balaban J connectivity index is 2.85. The van der Waals surface area contributed by atoms with Gasteiger partial charge in [-0.05, 0) is 38.6 Å². The number of carboxylic acid groups (broad SMARTS) is 1. The van der Waals surface area contributed by atoms with Gasteiger partial charge < -0.3 is 15.2 Å². The molecule has 20 heavy (non-hydrogen) atoms. The van der Waals surface area contributed by atoms with E-state index >= 15 is 0 Å². The lowest BCUT2D eigenvalue weighted by Crippen LogP contribution is -2.61. The average Bonchev–Trinajstić information content (AvgIpc) is 3.27. The van der Waals surface area contributed by atoms with Gasteiger partial charge in [-0.2, -0.15) is 0 Å². The van der Waals surface area contributed by atoms with Crippen molar-refractivity contribution in [1.29, 1.82) is 0 Å². The molecule has 0 aromatic carbocycles. The number of likely N-dealkylation sites (N-methyl/N-ethyl adjacent to an activating group) is 1. The van der Waals surface area contributed by atoms with Gasteiger partial charge in [-0.1, -0.05) is 13.8 Å². The minimum Gasteiger partial charge on any atom is -0.480 e. The molecule has 5 nitrogen and oxygen atoms in total. The van der Waals surface area contributed by atoms with Crippen LogP contribution in [0.4, 0.5) is 0 Å². The van der Waals surface area contributed by atoms with Crippen LogP contribution >= 0.6 is 0 Å². The molecule has 0 heterocycles. The van der Waals surface area contributed by atoms with Crippen molar-refractivity contribution in [3.63, 3.8) is 0 Å². The maximum atomic E-state index is 11.8. The summed E-state index contributed by atoms with van der Waals surface area (Å²) in [5, 5.41) is 12.8. The predicted molar refractivity (Wildman–Crippen MR) is 80.0 cm³/mol. The van der Waals surface area contributed by atoms with Gasteiger partial charge in [0.2, 0.25) is 0 Å². The Morgan fingerprint density at radius 2 is 2.05 bits per heavy atom. The SMILES string of the molecule is CCC(CC)N(CCOC)CC(NC)(C(=O)O)C1CC1. The highest BCUT2D eigenvalue weighted by atomic mass is 16.5. The smallest absolute Gasteiger partial charge is 0.325 e. The normalized spacial score (nSPS) is 18.5. The summed E-state index contributed by atoms with van der Waals surface area (Å²) in [5.74, 6) is -0.472. The van der Waals surface area contributed by atoms with E-state index in [2.05, 4.69) is 24.1 Å². The van der Waals surface area contributed by atoms with Gasteiger partial charge in [-0.3, -0.25) is 9.69 Å². The van der Waals surface area contributed by atoms with Crippen LogP contribution < -0.4 is 5.32 Å². The quantitative estimate of drug-likeness (QED) is 0.604. The fourth-order valence-corrected chi connectivity index (χ4v) is 3.06. The summed E-state index contributed by atoms with van der Waals surface area (Å²) in [6, 6.07) is 0.413. The molecule has 1 aliphatic carbocycles. The van der Waals surface area contributed by atoms with E-state index in [0.717, 1.165) is 32.2 Å². The molecule has 5 heteroatoms. The van der Waals surface area contributed by atoms with Gasteiger partial charge in [0, 0.05) is 26.2 Å². The van der Waals surface area contributed by atoms with Crippen molar-refractivity contribution in [3.8, 4) is 0 Å². The number of carboxylic acids is 1. The molecule has 0 bridgehead atoms. The fourth-order valence-electron chi connectivity index (χ4n) is 3.06. The molecule has 0 radical (unpaired) electrons. The number of hydrogen-bond donors (Lipinski definition) is 2. The maximum Gasteiger partial charge on any atom is 0.325 e. The largest absolute Gasteiger partial charge is 0.480 e. The van der Waals surface area contributed by atoms with Crippen LogP contribution in [0.15, 0.2) is 0 Å². The molecule has 1 unspecified atom stereocenters. The lowest BCUT2D eigenvalue weighted by atomic mass is 9.91. The van der Waals surface area contributed by atoms with Crippen molar-refractivity contribution in [2.45, 2.75) is 51.1 Å². The first kappa shape index (κ1) is 17.4. The molecule has 1 saturated carbocycles. The highest BCUT2D eigenvalue weighted by molar-refractivity contribution is 5.80. The van der Waals surface area contributed by atoms with Crippen LogP contribution in [0.1, 0.15) is 39.5 Å². The zero-order valence-electron chi connectivity index (χ0n) is 13.3. The minimum absolute atomic E-state index is 0.254. The Hall–Kier alpha value is -0.650.